The Bertz CT molecular complexity index is 1490. The van der Waals surface area contributed by atoms with Crippen molar-refractivity contribution in [3.05, 3.63) is 59.9 Å². The van der Waals surface area contributed by atoms with Crippen molar-refractivity contribution < 1.29 is 23.9 Å². The van der Waals surface area contributed by atoms with Crippen molar-refractivity contribution in [3.63, 3.8) is 0 Å². The second-order valence-electron chi connectivity index (χ2n) is 11.2. The highest BCUT2D eigenvalue weighted by Crippen LogP contribution is 2.42. The van der Waals surface area contributed by atoms with E-state index < -0.39 is 0 Å². The van der Waals surface area contributed by atoms with E-state index in [0.717, 1.165) is 65.2 Å². The number of carbonyl (C=O) groups excluding carboxylic acids is 1. The second kappa shape index (κ2) is 12.2. The lowest BCUT2D eigenvalue weighted by atomic mass is 9.92. The Morgan fingerprint density at radius 3 is 2.63 bits per heavy atom. The van der Waals surface area contributed by atoms with Crippen LogP contribution in [-0.2, 0) is 0 Å². The Hall–Kier alpha value is -3.40. The Balaban J connectivity index is 1.24. The Morgan fingerprint density at radius 1 is 1.07 bits per heavy atom. The lowest BCUT2D eigenvalue weighted by Gasteiger charge is -2.35. The first-order valence-corrected chi connectivity index (χ1v) is 15.3. The van der Waals surface area contributed by atoms with Crippen LogP contribution in [0.3, 0.4) is 0 Å². The summed E-state index contributed by atoms with van der Waals surface area (Å²) in [5, 5.41) is 15.0. The molecule has 0 amide bonds. The highest BCUT2D eigenvalue weighted by Gasteiger charge is 2.30. The predicted molar refractivity (Wildman–Crippen MR) is 160 cm³/mol. The number of carbonyl (C=O) groups is 1. The van der Waals surface area contributed by atoms with Gasteiger partial charge in [0, 0.05) is 27.5 Å². The van der Waals surface area contributed by atoms with E-state index >= 15 is 0 Å². The molecule has 1 N–H and O–H groups in total. The molecule has 2 aromatic heterocycles. The molecule has 2 aliphatic rings. The van der Waals surface area contributed by atoms with Crippen LogP contribution in [0.15, 0.2) is 53.1 Å². The number of rotatable bonds is 10. The Labute approximate surface area is 244 Å². The molecule has 4 aromatic rings. The van der Waals surface area contributed by atoms with Crippen LogP contribution in [0.1, 0.15) is 54.6 Å². The summed E-state index contributed by atoms with van der Waals surface area (Å²) in [6, 6.07) is 14.8. The molecule has 1 unspecified atom stereocenters. The SMILES string of the molecule is CN(C)[C@H]1CCCCC1Oc1cc(C(=O)c2c(-c3ccc(OCCN4CCCC4)cc3)sc3cc(O)ccc23)on1. The van der Waals surface area contributed by atoms with Gasteiger partial charge in [0.15, 0.2) is 0 Å². The summed E-state index contributed by atoms with van der Waals surface area (Å²) in [4.78, 5) is 19.4. The summed E-state index contributed by atoms with van der Waals surface area (Å²) >= 11 is 1.47. The van der Waals surface area contributed by atoms with Crippen LogP contribution < -0.4 is 9.47 Å². The molecule has 0 radical (unpaired) electrons. The lowest BCUT2D eigenvalue weighted by molar-refractivity contribution is 0.0561. The zero-order valence-electron chi connectivity index (χ0n) is 23.7. The van der Waals surface area contributed by atoms with Crippen LogP contribution >= 0.6 is 11.3 Å². The lowest BCUT2D eigenvalue weighted by Crippen LogP contribution is -2.44. The van der Waals surface area contributed by atoms with E-state index in [1.807, 2.05) is 24.3 Å². The number of phenols is 1. The minimum Gasteiger partial charge on any atom is -0.508 e. The molecule has 2 atom stereocenters. The minimum atomic E-state index is -0.266. The van der Waals surface area contributed by atoms with Crippen LogP contribution in [0, 0.1) is 0 Å². The molecule has 6 rings (SSSR count). The zero-order chi connectivity index (χ0) is 28.3. The second-order valence-corrected chi connectivity index (χ2v) is 12.3. The highest BCUT2D eigenvalue weighted by atomic mass is 32.1. The molecular formula is C32H37N3O5S. The van der Waals surface area contributed by atoms with Crippen LogP contribution in [0.25, 0.3) is 20.5 Å². The third-order valence-corrected chi connectivity index (χ3v) is 9.41. The smallest absolute Gasteiger partial charge is 0.255 e. The van der Waals surface area contributed by atoms with Crippen LogP contribution in [0.4, 0.5) is 0 Å². The number of likely N-dealkylation sites (N-methyl/N-ethyl adjacent to an activating group) is 1. The van der Waals surface area contributed by atoms with Gasteiger partial charge < -0.3 is 24.0 Å². The summed E-state index contributed by atoms with van der Waals surface area (Å²) in [5.41, 5.74) is 1.42. The van der Waals surface area contributed by atoms with Gasteiger partial charge in [-0.1, -0.05) is 6.42 Å². The van der Waals surface area contributed by atoms with Gasteiger partial charge in [-0.25, -0.2) is 0 Å². The van der Waals surface area contributed by atoms with Crippen molar-refractivity contribution in [3.8, 4) is 27.8 Å². The monoisotopic (exact) mass is 575 g/mol. The molecule has 1 aliphatic carbocycles. The van der Waals surface area contributed by atoms with Crippen molar-refractivity contribution in [2.75, 3.05) is 40.3 Å². The van der Waals surface area contributed by atoms with E-state index in [2.05, 4.69) is 29.1 Å². The predicted octanol–water partition coefficient (Wildman–Crippen LogP) is 6.22. The standard InChI is InChI=1S/C32H37N3O5S/c1-34(2)25-7-3-4-8-26(25)39-29-20-27(40-33-29)31(37)30-24-14-11-22(36)19-28(24)41-32(30)21-9-12-23(13-10-21)38-18-17-35-15-5-6-16-35/h9-14,19-20,25-26,36H,3-8,15-18H2,1-2H3/t25-,26?/m0/s1. The van der Waals surface area contributed by atoms with Gasteiger partial charge >= 0.3 is 0 Å². The van der Waals surface area contributed by atoms with E-state index in [4.69, 9.17) is 14.0 Å². The van der Waals surface area contributed by atoms with E-state index in [1.54, 1.807) is 24.3 Å². The molecule has 0 bridgehead atoms. The molecule has 1 saturated carbocycles. The fraction of sp³-hybridized carbons (Fsp3) is 0.438. The number of aromatic hydroxyl groups is 1. The molecule has 216 valence electrons. The number of hydrogen-bond acceptors (Lipinski definition) is 9. The molecule has 9 heteroatoms. The molecule has 1 saturated heterocycles. The summed E-state index contributed by atoms with van der Waals surface area (Å²) in [5.74, 6) is 1.16. The molecule has 3 heterocycles. The molecule has 1 aliphatic heterocycles. The average molecular weight is 576 g/mol. The normalized spacial score (nSPS) is 19.7. The van der Waals surface area contributed by atoms with E-state index in [1.165, 1.54) is 30.6 Å². The number of fused-ring (bicyclic) bond motifs is 1. The van der Waals surface area contributed by atoms with Crippen LogP contribution in [0.2, 0.25) is 0 Å². The van der Waals surface area contributed by atoms with Gasteiger partial charge in [0.1, 0.15) is 24.2 Å². The maximum Gasteiger partial charge on any atom is 0.255 e. The molecule has 2 aromatic carbocycles. The van der Waals surface area contributed by atoms with Crippen molar-refractivity contribution in [2.45, 2.75) is 50.7 Å². The van der Waals surface area contributed by atoms with Crippen molar-refractivity contribution >= 4 is 27.2 Å². The fourth-order valence-corrected chi connectivity index (χ4v) is 7.26. The number of phenolic OH excluding ortho intramolecular Hbond substituents is 1. The summed E-state index contributed by atoms with van der Waals surface area (Å²) in [7, 11) is 4.14. The first-order chi connectivity index (χ1) is 20.0. The molecule has 8 nitrogen and oxygen atoms in total. The average Bonchev–Trinajstić information content (AvgIpc) is 3.74. The number of benzene rings is 2. The van der Waals surface area contributed by atoms with Gasteiger partial charge in [0.2, 0.25) is 11.5 Å². The molecule has 0 spiro atoms. The first kappa shape index (κ1) is 27.8. The Kier molecular flexibility index (Phi) is 8.27. The van der Waals surface area contributed by atoms with Gasteiger partial charge in [-0.15, -0.1) is 11.3 Å². The first-order valence-electron chi connectivity index (χ1n) is 14.5. The molecular weight excluding hydrogens is 538 g/mol. The highest BCUT2D eigenvalue weighted by molar-refractivity contribution is 7.22. The van der Waals surface area contributed by atoms with Gasteiger partial charge in [-0.3, -0.25) is 9.69 Å². The quantitative estimate of drug-likeness (QED) is 0.223. The van der Waals surface area contributed by atoms with E-state index in [0.29, 0.717) is 24.1 Å². The third-order valence-electron chi connectivity index (χ3n) is 8.21. The largest absolute Gasteiger partial charge is 0.508 e. The van der Waals surface area contributed by atoms with Gasteiger partial charge in [0.05, 0.1) is 11.6 Å². The maximum absolute atomic E-state index is 13.9. The van der Waals surface area contributed by atoms with Crippen molar-refractivity contribution in [2.24, 2.45) is 0 Å². The van der Waals surface area contributed by atoms with Gasteiger partial charge in [-0.05, 0) is 112 Å². The number of aromatic nitrogens is 1. The van der Waals surface area contributed by atoms with Crippen LogP contribution in [-0.4, -0.2) is 78.3 Å². The maximum atomic E-state index is 13.9. The topological polar surface area (TPSA) is 88.3 Å². The fourth-order valence-electron chi connectivity index (χ4n) is 6.02. The minimum absolute atomic E-state index is 0.00315. The van der Waals surface area contributed by atoms with Gasteiger partial charge in [-0.2, -0.15) is 0 Å². The number of ketones is 1. The Morgan fingerprint density at radius 2 is 1.85 bits per heavy atom. The summed E-state index contributed by atoms with van der Waals surface area (Å²) < 4.78 is 18.6. The summed E-state index contributed by atoms with van der Waals surface area (Å²) in [6.45, 7) is 3.88. The molecule has 41 heavy (non-hydrogen) atoms. The zero-order valence-corrected chi connectivity index (χ0v) is 24.5. The number of likely N-dealkylation sites (tertiary alicyclic amines) is 1. The number of ether oxygens (including phenoxy) is 2. The number of nitrogens with zero attached hydrogens (tertiary/aromatic N) is 3. The van der Waals surface area contributed by atoms with Crippen molar-refractivity contribution in [1.29, 1.82) is 0 Å². The third kappa shape index (κ3) is 6.12. The molecule has 2 fully saturated rings. The van der Waals surface area contributed by atoms with Crippen molar-refractivity contribution in [1.82, 2.24) is 15.0 Å². The summed E-state index contributed by atoms with van der Waals surface area (Å²) in [6.07, 6.45) is 6.84. The van der Waals surface area contributed by atoms with Crippen LogP contribution in [0.5, 0.6) is 17.4 Å². The van der Waals surface area contributed by atoms with E-state index in [-0.39, 0.29) is 23.4 Å². The van der Waals surface area contributed by atoms with Gasteiger partial charge in [0.25, 0.3) is 5.88 Å². The number of thiophene rings is 1. The van der Waals surface area contributed by atoms with E-state index in [9.17, 15) is 9.90 Å². The number of hydrogen-bond donors (Lipinski definition) is 1.